The summed E-state index contributed by atoms with van der Waals surface area (Å²) in [6.45, 7) is 4.77. The quantitative estimate of drug-likeness (QED) is 0.748. The summed E-state index contributed by atoms with van der Waals surface area (Å²) in [6, 6.07) is 10.4. The van der Waals surface area contributed by atoms with E-state index < -0.39 is 0 Å². The van der Waals surface area contributed by atoms with Gasteiger partial charge < -0.3 is 10.6 Å². The van der Waals surface area contributed by atoms with Gasteiger partial charge in [0.15, 0.2) is 0 Å². The number of hydrogen-bond acceptors (Lipinski definition) is 2. The van der Waals surface area contributed by atoms with Crippen molar-refractivity contribution in [1.82, 2.24) is 10.6 Å². The topological polar surface area (TPSA) is 41.1 Å². The third-order valence-corrected chi connectivity index (χ3v) is 3.72. The van der Waals surface area contributed by atoms with Gasteiger partial charge in [-0.2, -0.15) is 0 Å². The zero-order valence-electron chi connectivity index (χ0n) is 11.0. The predicted molar refractivity (Wildman–Crippen MR) is 73.3 cm³/mol. The van der Waals surface area contributed by atoms with Crippen LogP contribution >= 0.6 is 0 Å². The highest BCUT2D eigenvalue weighted by Gasteiger charge is 2.28. The van der Waals surface area contributed by atoms with Crippen molar-refractivity contribution in [2.45, 2.75) is 19.8 Å². The van der Waals surface area contributed by atoms with Crippen molar-refractivity contribution < 1.29 is 4.79 Å². The minimum atomic E-state index is 0.142. The highest BCUT2D eigenvalue weighted by atomic mass is 16.1. The number of aryl methyl sites for hydroxylation is 1. The molecule has 2 N–H and O–H groups in total. The maximum Gasteiger partial charge on any atom is 0.223 e. The monoisotopic (exact) mass is 246 g/mol. The van der Waals surface area contributed by atoms with Crippen molar-refractivity contribution in [3.05, 3.63) is 35.9 Å². The summed E-state index contributed by atoms with van der Waals surface area (Å²) in [7, 11) is 0. The summed E-state index contributed by atoms with van der Waals surface area (Å²) in [5.41, 5.74) is 1.34. The van der Waals surface area contributed by atoms with Crippen LogP contribution in [0, 0.1) is 11.8 Å². The van der Waals surface area contributed by atoms with Gasteiger partial charge in [0.1, 0.15) is 0 Å². The molecule has 1 atom stereocenters. The lowest BCUT2D eigenvalue weighted by Gasteiger charge is -2.31. The molecule has 18 heavy (non-hydrogen) atoms. The first kappa shape index (κ1) is 13.1. The molecule has 1 unspecified atom stereocenters. The molecule has 0 aliphatic carbocycles. The molecule has 98 valence electrons. The van der Waals surface area contributed by atoms with E-state index in [1.165, 1.54) is 5.56 Å². The Balaban J connectivity index is 1.61. The van der Waals surface area contributed by atoms with Crippen molar-refractivity contribution in [3.63, 3.8) is 0 Å². The number of nitrogens with one attached hydrogen (secondary N) is 2. The van der Waals surface area contributed by atoms with Crippen molar-refractivity contribution in [2.24, 2.45) is 11.8 Å². The molecule has 1 aliphatic rings. The smallest absolute Gasteiger partial charge is 0.223 e. The van der Waals surface area contributed by atoms with Crippen LogP contribution in [-0.4, -0.2) is 25.5 Å². The summed E-state index contributed by atoms with van der Waals surface area (Å²) in [5.74, 6) is 0.872. The zero-order chi connectivity index (χ0) is 12.8. The molecule has 1 aliphatic heterocycles. The summed E-state index contributed by atoms with van der Waals surface area (Å²) in [6.07, 6.45) is 2.03. The number of carbonyl (C=O) groups is 1. The fourth-order valence-corrected chi connectivity index (χ4v) is 2.19. The van der Waals surface area contributed by atoms with E-state index in [-0.39, 0.29) is 11.8 Å². The van der Waals surface area contributed by atoms with Crippen LogP contribution in [0.15, 0.2) is 30.3 Å². The van der Waals surface area contributed by atoms with Gasteiger partial charge >= 0.3 is 0 Å². The number of carbonyl (C=O) groups excluding carboxylic acids is 1. The Bertz CT molecular complexity index is 373. The van der Waals surface area contributed by atoms with E-state index in [0.29, 0.717) is 5.92 Å². The zero-order valence-corrected chi connectivity index (χ0v) is 11.0. The van der Waals surface area contributed by atoms with Crippen molar-refractivity contribution in [1.29, 1.82) is 0 Å². The van der Waals surface area contributed by atoms with Crippen molar-refractivity contribution in [3.8, 4) is 0 Å². The maximum atomic E-state index is 11.8. The Morgan fingerprint density at radius 3 is 2.72 bits per heavy atom. The van der Waals surface area contributed by atoms with Gasteiger partial charge in [-0.05, 0) is 37.4 Å². The fourth-order valence-electron chi connectivity index (χ4n) is 2.19. The second-order valence-corrected chi connectivity index (χ2v) is 5.09. The normalized spacial score (nSPS) is 16.9. The van der Waals surface area contributed by atoms with Gasteiger partial charge in [0, 0.05) is 12.5 Å². The van der Waals surface area contributed by atoms with E-state index >= 15 is 0 Å². The number of rotatable bonds is 6. The molecule has 1 saturated heterocycles. The van der Waals surface area contributed by atoms with Crippen LogP contribution in [0.5, 0.6) is 0 Å². The van der Waals surface area contributed by atoms with Gasteiger partial charge in [0.2, 0.25) is 5.91 Å². The molecule has 0 bridgehead atoms. The second-order valence-electron chi connectivity index (χ2n) is 5.09. The molecule has 1 aromatic rings. The molecule has 3 heteroatoms. The molecule has 1 fully saturated rings. The van der Waals surface area contributed by atoms with Crippen molar-refractivity contribution in [2.75, 3.05) is 19.6 Å². The first-order chi connectivity index (χ1) is 8.77. The highest BCUT2D eigenvalue weighted by Crippen LogP contribution is 2.15. The van der Waals surface area contributed by atoms with Gasteiger partial charge in [0.05, 0.1) is 0 Å². The van der Waals surface area contributed by atoms with Gasteiger partial charge in [0.25, 0.3) is 0 Å². The van der Waals surface area contributed by atoms with Crippen LogP contribution in [0.3, 0.4) is 0 Å². The Morgan fingerprint density at radius 1 is 1.39 bits per heavy atom. The number of hydrogen-bond donors (Lipinski definition) is 2. The molecule has 1 heterocycles. The lowest BCUT2D eigenvalue weighted by molar-refractivity contribution is -0.126. The Morgan fingerprint density at radius 2 is 2.11 bits per heavy atom. The van der Waals surface area contributed by atoms with Crippen molar-refractivity contribution >= 4 is 5.91 Å². The summed E-state index contributed by atoms with van der Waals surface area (Å²) < 4.78 is 0. The maximum absolute atomic E-state index is 11.8. The molecule has 2 rings (SSSR count). The van der Waals surface area contributed by atoms with Crippen LogP contribution in [0.2, 0.25) is 0 Å². The average molecular weight is 246 g/mol. The molecule has 1 amide bonds. The minimum absolute atomic E-state index is 0.142. The van der Waals surface area contributed by atoms with E-state index in [1.807, 2.05) is 13.0 Å². The van der Waals surface area contributed by atoms with Crippen LogP contribution in [0.1, 0.15) is 18.9 Å². The lowest BCUT2D eigenvalue weighted by atomic mass is 9.88. The average Bonchev–Trinajstić information content (AvgIpc) is 2.33. The SMILES string of the molecule is CC(C(=O)NCCCc1ccccc1)C1CNC1. The third kappa shape index (κ3) is 3.57. The molecule has 0 aromatic heterocycles. The van der Waals surface area contributed by atoms with E-state index in [1.54, 1.807) is 0 Å². The molecule has 0 saturated carbocycles. The molecular formula is C15H22N2O. The van der Waals surface area contributed by atoms with E-state index in [4.69, 9.17) is 0 Å². The molecular weight excluding hydrogens is 224 g/mol. The summed E-state index contributed by atoms with van der Waals surface area (Å²) >= 11 is 0. The van der Waals surface area contributed by atoms with Crippen LogP contribution in [0.25, 0.3) is 0 Å². The van der Waals surface area contributed by atoms with E-state index in [2.05, 4.69) is 34.9 Å². The Labute approximate surface area is 109 Å². The van der Waals surface area contributed by atoms with E-state index in [0.717, 1.165) is 32.5 Å². The number of benzene rings is 1. The molecule has 0 radical (unpaired) electrons. The largest absolute Gasteiger partial charge is 0.356 e. The molecule has 1 aromatic carbocycles. The predicted octanol–water partition coefficient (Wildman–Crippen LogP) is 1.59. The molecule has 0 spiro atoms. The van der Waals surface area contributed by atoms with Gasteiger partial charge in [-0.3, -0.25) is 4.79 Å². The highest BCUT2D eigenvalue weighted by molar-refractivity contribution is 5.78. The molecule has 3 nitrogen and oxygen atoms in total. The minimum Gasteiger partial charge on any atom is -0.356 e. The third-order valence-electron chi connectivity index (χ3n) is 3.72. The van der Waals surface area contributed by atoms with Gasteiger partial charge in [-0.1, -0.05) is 37.3 Å². The fraction of sp³-hybridized carbons (Fsp3) is 0.533. The lowest BCUT2D eigenvalue weighted by Crippen LogP contribution is -2.49. The van der Waals surface area contributed by atoms with E-state index in [9.17, 15) is 4.79 Å². The van der Waals surface area contributed by atoms with Crippen LogP contribution < -0.4 is 10.6 Å². The summed E-state index contributed by atoms with van der Waals surface area (Å²) in [4.78, 5) is 11.8. The first-order valence-electron chi connectivity index (χ1n) is 6.79. The first-order valence-corrected chi connectivity index (χ1v) is 6.79. The van der Waals surface area contributed by atoms with Crippen LogP contribution in [-0.2, 0) is 11.2 Å². The Kier molecular flexibility index (Phi) is 4.76. The summed E-state index contributed by atoms with van der Waals surface area (Å²) in [5, 5.41) is 6.24. The van der Waals surface area contributed by atoms with Gasteiger partial charge in [-0.25, -0.2) is 0 Å². The van der Waals surface area contributed by atoms with Gasteiger partial charge in [-0.15, -0.1) is 0 Å². The Hall–Kier alpha value is -1.35. The second kappa shape index (κ2) is 6.55. The standard InChI is InChI=1S/C15H22N2O/c1-12(14-10-16-11-14)15(18)17-9-5-8-13-6-3-2-4-7-13/h2-4,6-7,12,14,16H,5,8-11H2,1H3,(H,17,18). The number of amides is 1. The van der Waals surface area contributed by atoms with Crippen LogP contribution in [0.4, 0.5) is 0 Å².